The molecule has 0 unspecified atom stereocenters. The second-order valence-corrected chi connectivity index (χ2v) is 9.48. The lowest BCUT2D eigenvalue weighted by molar-refractivity contribution is 0.0949. The molecule has 4 rings (SSSR count). The Labute approximate surface area is 181 Å². The maximum absolute atomic E-state index is 12.6. The average molecular weight is 408 g/mol. The van der Waals surface area contributed by atoms with E-state index in [0.29, 0.717) is 6.04 Å². The molecule has 0 spiro atoms. The zero-order valence-corrected chi connectivity index (χ0v) is 18.9. The molecule has 2 aliphatic rings. The molecule has 2 heterocycles. The van der Waals surface area contributed by atoms with Gasteiger partial charge >= 0.3 is 0 Å². The van der Waals surface area contributed by atoms with Crippen LogP contribution in [-0.4, -0.2) is 41.1 Å². The molecule has 1 amide bonds. The van der Waals surface area contributed by atoms with Crippen molar-refractivity contribution in [2.75, 3.05) is 19.6 Å². The van der Waals surface area contributed by atoms with Gasteiger partial charge in [-0.05, 0) is 101 Å². The number of hydrogen-bond acceptors (Lipinski definition) is 2. The van der Waals surface area contributed by atoms with E-state index < -0.39 is 0 Å². The van der Waals surface area contributed by atoms with Crippen LogP contribution in [0.5, 0.6) is 0 Å². The lowest BCUT2D eigenvalue weighted by Crippen LogP contribution is -2.39. The van der Waals surface area contributed by atoms with E-state index in [2.05, 4.69) is 53.8 Å². The average Bonchev–Trinajstić information content (AvgIpc) is 3.07. The summed E-state index contributed by atoms with van der Waals surface area (Å²) < 4.78 is 2.38. The topological polar surface area (TPSA) is 37.3 Å². The lowest BCUT2D eigenvalue weighted by atomic mass is 9.89. The quantitative estimate of drug-likeness (QED) is 0.691. The maximum Gasteiger partial charge on any atom is 0.251 e. The summed E-state index contributed by atoms with van der Waals surface area (Å²) in [6.45, 7) is 9.88. The third kappa shape index (κ3) is 4.64. The summed E-state index contributed by atoms with van der Waals surface area (Å²) >= 11 is 0. The third-order valence-corrected chi connectivity index (χ3v) is 7.05. The van der Waals surface area contributed by atoms with Crippen molar-refractivity contribution in [3.8, 4) is 5.69 Å². The molecule has 1 aliphatic heterocycles. The van der Waals surface area contributed by atoms with Crippen LogP contribution in [0.2, 0.25) is 0 Å². The summed E-state index contributed by atoms with van der Waals surface area (Å²) in [5.74, 6) is 0.810. The minimum Gasteiger partial charge on any atom is -0.352 e. The fourth-order valence-electron chi connectivity index (χ4n) is 5.26. The van der Waals surface area contributed by atoms with Crippen molar-refractivity contribution in [2.45, 2.75) is 71.8 Å². The fourth-order valence-corrected chi connectivity index (χ4v) is 5.26. The van der Waals surface area contributed by atoms with Crippen LogP contribution in [0.1, 0.15) is 73.3 Å². The molecule has 2 atom stereocenters. The van der Waals surface area contributed by atoms with Gasteiger partial charge in [-0.15, -0.1) is 0 Å². The highest BCUT2D eigenvalue weighted by atomic mass is 16.1. The second-order valence-electron chi connectivity index (χ2n) is 9.48. The summed E-state index contributed by atoms with van der Waals surface area (Å²) in [5.41, 5.74) is 6.15. The van der Waals surface area contributed by atoms with E-state index in [1.54, 1.807) is 0 Å². The Morgan fingerprint density at radius 1 is 1.13 bits per heavy atom. The number of aryl methyl sites for hydroxylation is 1. The largest absolute Gasteiger partial charge is 0.352 e. The smallest absolute Gasteiger partial charge is 0.251 e. The van der Waals surface area contributed by atoms with Crippen molar-refractivity contribution in [1.29, 1.82) is 0 Å². The van der Waals surface area contributed by atoms with Gasteiger partial charge in [0.1, 0.15) is 0 Å². The molecule has 0 saturated carbocycles. The van der Waals surface area contributed by atoms with Gasteiger partial charge in [-0.25, -0.2) is 0 Å². The number of fused-ring (bicyclic) bond motifs is 1. The number of carbonyl (C=O) groups excluding carboxylic acids is 1. The number of likely N-dealkylation sites (tertiary alicyclic amines) is 1. The van der Waals surface area contributed by atoms with Crippen LogP contribution in [0.3, 0.4) is 0 Å². The van der Waals surface area contributed by atoms with Crippen LogP contribution < -0.4 is 5.32 Å². The van der Waals surface area contributed by atoms with Crippen LogP contribution in [0.4, 0.5) is 0 Å². The number of nitrogens with zero attached hydrogens (tertiary/aromatic N) is 2. The monoisotopic (exact) mass is 407 g/mol. The van der Waals surface area contributed by atoms with E-state index in [1.165, 1.54) is 61.3 Å². The van der Waals surface area contributed by atoms with E-state index in [-0.39, 0.29) is 5.91 Å². The molecule has 1 aliphatic carbocycles. The molecule has 1 N–H and O–H groups in total. The number of amides is 1. The first-order valence-electron chi connectivity index (χ1n) is 11.9. The van der Waals surface area contributed by atoms with E-state index in [1.807, 2.05) is 12.1 Å². The minimum atomic E-state index is 0.0355. The Kier molecular flexibility index (Phi) is 6.62. The maximum atomic E-state index is 12.6. The van der Waals surface area contributed by atoms with Crippen molar-refractivity contribution in [3.63, 3.8) is 0 Å². The number of piperidine rings is 1. The predicted molar refractivity (Wildman–Crippen MR) is 124 cm³/mol. The molecule has 4 heteroatoms. The summed E-state index contributed by atoms with van der Waals surface area (Å²) in [6.07, 6.45) is 8.57. The van der Waals surface area contributed by atoms with E-state index in [0.717, 1.165) is 37.4 Å². The van der Waals surface area contributed by atoms with Crippen molar-refractivity contribution in [1.82, 2.24) is 14.8 Å². The number of hydrogen-bond donors (Lipinski definition) is 1. The van der Waals surface area contributed by atoms with Crippen LogP contribution in [0, 0.1) is 12.8 Å². The van der Waals surface area contributed by atoms with Gasteiger partial charge in [-0.2, -0.15) is 0 Å². The predicted octanol–water partition coefficient (Wildman–Crippen LogP) is 4.90. The van der Waals surface area contributed by atoms with Crippen molar-refractivity contribution in [3.05, 3.63) is 52.8 Å². The Balaban J connectivity index is 1.33. The molecule has 30 heavy (non-hydrogen) atoms. The minimum absolute atomic E-state index is 0.0355. The molecule has 1 aromatic carbocycles. The Bertz CT molecular complexity index is 867. The number of benzene rings is 1. The SMILES string of the molecule is Cc1cc2c(n1-c1ccc(C(=O)NCCCN3CCCC[C@@H]3C)cc1)CC[C@@H](C)C2. The van der Waals surface area contributed by atoms with Crippen LogP contribution >= 0.6 is 0 Å². The molecular formula is C26H37N3O. The van der Waals surface area contributed by atoms with Gasteiger partial charge in [0.15, 0.2) is 0 Å². The standard InChI is InChI=1S/C26H37N3O/c1-19-8-13-25-23(17-19)18-21(3)29(25)24-11-9-22(10-12-24)26(30)27-14-6-16-28-15-5-4-7-20(28)2/h9-12,18-20H,4-8,13-17H2,1-3H3,(H,27,30)/t19-,20+/m1/s1. The van der Waals surface area contributed by atoms with Gasteiger partial charge in [0.05, 0.1) is 0 Å². The van der Waals surface area contributed by atoms with Crippen molar-refractivity contribution >= 4 is 5.91 Å². The Morgan fingerprint density at radius 3 is 2.70 bits per heavy atom. The van der Waals surface area contributed by atoms with Gasteiger partial charge in [-0.3, -0.25) is 4.79 Å². The van der Waals surface area contributed by atoms with Gasteiger partial charge < -0.3 is 14.8 Å². The molecule has 1 fully saturated rings. The fraction of sp³-hybridized carbons (Fsp3) is 0.577. The summed E-state index contributed by atoms with van der Waals surface area (Å²) in [6, 6.07) is 11.1. The van der Waals surface area contributed by atoms with E-state index in [9.17, 15) is 4.79 Å². The van der Waals surface area contributed by atoms with Gasteiger partial charge in [0.25, 0.3) is 5.91 Å². The highest BCUT2D eigenvalue weighted by Crippen LogP contribution is 2.30. The third-order valence-electron chi connectivity index (χ3n) is 7.05. The van der Waals surface area contributed by atoms with Gasteiger partial charge in [-0.1, -0.05) is 13.3 Å². The molecule has 0 bridgehead atoms. The molecule has 4 nitrogen and oxygen atoms in total. The molecule has 162 valence electrons. The Morgan fingerprint density at radius 2 is 1.93 bits per heavy atom. The first kappa shape index (κ1) is 21.2. The summed E-state index contributed by atoms with van der Waals surface area (Å²) in [7, 11) is 0. The number of carbonyl (C=O) groups is 1. The van der Waals surface area contributed by atoms with Crippen LogP contribution in [-0.2, 0) is 12.8 Å². The molecule has 1 saturated heterocycles. The molecule has 2 aromatic rings. The van der Waals surface area contributed by atoms with Crippen molar-refractivity contribution in [2.24, 2.45) is 5.92 Å². The van der Waals surface area contributed by atoms with Gasteiger partial charge in [0, 0.05) is 41.8 Å². The van der Waals surface area contributed by atoms with Crippen molar-refractivity contribution < 1.29 is 4.79 Å². The lowest BCUT2D eigenvalue weighted by Gasteiger charge is -2.33. The molecule has 1 aromatic heterocycles. The first-order chi connectivity index (χ1) is 14.5. The number of rotatable bonds is 6. The summed E-state index contributed by atoms with van der Waals surface area (Å²) in [4.78, 5) is 15.1. The molecule has 0 radical (unpaired) electrons. The van der Waals surface area contributed by atoms with Crippen LogP contribution in [0.15, 0.2) is 30.3 Å². The molecular weight excluding hydrogens is 370 g/mol. The van der Waals surface area contributed by atoms with E-state index in [4.69, 9.17) is 0 Å². The number of nitrogens with one attached hydrogen (secondary N) is 1. The zero-order chi connectivity index (χ0) is 21.1. The normalized spacial score (nSPS) is 22.0. The van der Waals surface area contributed by atoms with Crippen LogP contribution in [0.25, 0.3) is 5.69 Å². The second kappa shape index (κ2) is 9.38. The van der Waals surface area contributed by atoms with E-state index >= 15 is 0 Å². The highest BCUT2D eigenvalue weighted by molar-refractivity contribution is 5.94. The Hall–Kier alpha value is -2.07. The summed E-state index contributed by atoms with van der Waals surface area (Å²) in [5, 5.41) is 3.10. The zero-order valence-electron chi connectivity index (χ0n) is 18.9. The highest BCUT2D eigenvalue weighted by Gasteiger charge is 2.21. The number of aromatic nitrogens is 1. The first-order valence-corrected chi connectivity index (χ1v) is 11.9. The van der Waals surface area contributed by atoms with Gasteiger partial charge in [0.2, 0.25) is 0 Å².